The van der Waals surface area contributed by atoms with E-state index in [2.05, 4.69) is 17.2 Å². The molecule has 0 fully saturated rings. The van der Waals surface area contributed by atoms with Crippen molar-refractivity contribution in [2.24, 2.45) is 5.92 Å². The lowest BCUT2D eigenvalue weighted by atomic mass is 10.0. The van der Waals surface area contributed by atoms with E-state index in [-0.39, 0.29) is 46.8 Å². The Hall–Kier alpha value is -2.91. The molecule has 7 heteroatoms. The first-order chi connectivity index (χ1) is 13.2. The van der Waals surface area contributed by atoms with Crippen molar-refractivity contribution in [2.45, 2.75) is 27.2 Å². The van der Waals surface area contributed by atoms with Gasteiger partial charge in [-0.25, -0.2) is 4.39 Å². The van der Waals surface area contributed by atoms with Crippen LogP contribution < -0.4 is 5.32 Å². The summed E-state index contributed by atoms with van der Waals surface area (Å²) in [5.74, 6) is 3.07. The van der Waals surface area contributed by atoms with E-state index in [9.17, 15) is 18.8 Å². The average molecular weight is 404 g/mol. The Bertz CT molecular complexity index is 982. The van der Waals surface area contributed by atoms with E-state index in [1.54, 1.807) is 0 Å². The summed E-state index contributed by atoms with van der Waals surface area (Å²) in [4.78, 5) is 36.6. The maximum absolute atomic E-state index is 13.2. The molecule has 0 aliphatic heterocycles. The SMILES string of the molecule is Cc1oc(C(=O)C(=O)NCC#CC(C)C)cc1C(=O)Cc1ccc(F)c(Cl)c1. The Kier molecular flexibility index (Phi) is 7.13. The Morgan fingerprint density at radius 1 is 1.25 bits per heavy atom. The predicted octanol–water partition coefficient (Wildman–Crippen LogP) is 3.76. The molecule has 5 nitrogen and oxygen atoms in total. The van der Waals surface area contributed by atoms with Crippen molar-refractivity contribution >= 4 is 29.1 Å². The lowest BCUT2D eigenvalue weighted by Crippen LogP contribution is -2.31. The largest absolute Gasteiger partial charge is 0.457 e. The van der Waals surface area contributed by atoms with Crippen molar-refractivity contribution in [1.82, 2.24) is 5.32 Å². The summed E-state index contributed by atoms with van der Waals surface area (Å²) in [7, 11) is 0. The quantitative estimate of drug-likeness (QED) is 0.452. The van der Waals surface area contributed by atoms with Crippen LogP contribution in [0.2, 0.25) is 5.02 Å². The number of hydrogen-bond donors (Lipinski definition) is 1. The Morgan fingerprint density at radius 2 is 1.96 bits per heavy atom. The van der Waals surface area contributed by atoms with E-state index in [1.807, 2.05) is 13.8 Å². The van der Waals surface area contributed by atoms with Gasteiger partial charge in [-0.3, -0.25) is 14.4 Å². The molecule has 1 N–H and O–H groups in total. The predicted molar refractivity (Wildman–Crippen MR) is 103 cm³/mol. The number of hydrogen-bond acceptors (Lipinski definition) is 4. The summed E-state index contributed by atoms with van der Waals surface area (Å²) in [5.41, 5.74) is 0.697. The van der Waals surface area contributed by atoms with Gasteiger partial charge in [0, 0.05) is 12.3 Å². The Morgan fingerprint density at radius 3 is 2.61 bits per heavy atom. The summed E-state index contributed by atoms with van der Waals surface area (Å²) in [6.45, 7) is 5.38. The van der Waals surface area contributed by atoms with E-state index >= 15 is 0 Å². The van der Waals surface area contributed by atoms with Crippen LogP contribution in [0.1, 0.15) is 46.1 Å². The fourth-order valence-corrected chi connectivity index (χ4v) is 2.58. The maximum Gasteiger partial charge on any atom is 0.296 e. The fraction of sp³-hybridized carbons (Fsp3) is 0.286. The highest BCUT2D eigenvalue weighted by molar-refractivity contribution is 6.42. The lowest BCUT2D eigenvalue weighted by molar-refractivity contribution is -0.116. The monoisotopic (exact) mass is 403 g/mol. The van der Waals surface area contributed by atoms with Gasteiger partial charge in [-0.2, -0.15) is 0 Å². The van der Waals surface area contributed by atoms with Crippen molar-refractivity contribution in [2.75, 3.05) is 6.54 Å². The average Bonchev–Trinajstić information content (AvgIpc) is 3.02. The number of carbonyl (C=O) groups is 3. The van der Waals surface area contributed by atoms with Crippen LogP contribution in [0.4, 0.5) is 4.39 Å². The minimum absolute atomic E-state index is 0.0412. The molecule has 1 amide bonds. The van der Waals surface area contributed by atoms with Gasteiger partial charge in [0.25, 0.3) is 11.7 Å². The Labute approximate surface area is 167 Å². The van der Waals surface area contributed by atoms with Crippen LogP contribution in [0.25, 0.3) is 0 Å². The number of nitrogens with one attached hydrogen (secondary N) is 1. The first-order valence-electron chi connectivity index (χ1n) is 8.57. The maximum atomic E-state index is 13.2. The van der Waals surface area contributed by atoms with Crippen LogP contribution in [0.15, 0.2) is 28.7 Å². The van der Waals surface area contributed by atoms with Crippen LogP contribution in [-0.2, 0) is 11.2 Å². The molecular weight excluding hydrogens is 385 g/mol. The first kappa shape index (κ1) is 21.4. The Balaban J connectivity index is 2.07. The molecule has 0 atom stereocenters. The topological polar surface area (TPSA) is 76.4 Å². The summed E-state index contributed by atoms with van der Waals surface area (Å²) in [6.07, 6.45) is -0.0506. The zero-order valence-corrected chi connectivity index (χ0v) is 16.4. The highest BCUT2D eigenvalue weighted by Crippen LogP contribution is 2.20. The summed E-state index contributed by atoms with van der Waals surface area (Å²) in [6, 6.07) is 5.23. The molecule has 0 unspecified atom stereocenters. The molecule has 2 aromatic rings. The minimum atomic E-state index is -0.890. The molecule has 1 aromatic carbocycles. The third-order valence-corrected chi connectivity index (χ3v) is 4.01. The van der Waals surface area contributed by atoms with Gasteiger partial charge >= 0.3 is 0 Å². The van der Waals surface area contributed by atoms with Crippen LogP contribution in [-0.4, -0.2) is 24.0 Å². The molecule has 0 spiro atoms. The number of rotatable bonds is 6. The van der Waals surface area contributed by atoms with Gasteiger partial charge in [0.05, 0.1) is 17.1 Å². The smallest absolute Gasteiger partial charge is 0.296 e. The van der Waals surface area contributed by atoms with Gasteiger partial charge in [-0.1, -0.05) is 43.4 Å². The number of carbonyl (C=O) groups excluding carboxylic acids is 3. The zero-order valence-electron chi connectivity index (χ0n) is 15.7. The molecule has 28 heavy (non-hydrogen) atoms. The highest BCUT2D eigenvalue weighted by atomic mass is 35.5. The van der Waals surface area contributed by atoms with Crippen molar-refractivity contribution < 1.29 is 23.2 Å². The first-order valence-corrected chi connectivity index (χ1v) is 8.95. The van der Waals surface area contributed by atoms with Gasteiger partial charge < -0.3 is 9.73 Å². The van der Waals surface area contributed by atoms with E-state index in [0.29, 0.717) is 5.56 Å². The highest BCUT2D eigenvalue weighted by Gasteiger charge is 2.24. The van der Waals surface area contributed by atoms with E-state index in [0.717, 1.165) is 0 Å². The fourth-order valence-electron chi connectivity index (χ4n) is 2.37. The second kappa shape index (κ2) is 9.34. The zero-order chi connectivity index (χ0) is 20.8. The third kappa shape index (κ3) is 5.54. The normalized spacial score (nSPS) is 10.4. The molecule has 0 saturated carbocycles. The molecule has 0 bridgehead atoms. The van der Waals surface area contributed by atoms with Crippen molar-refractivity contribution in [1.29, 1.82) is 0 Å². The van der Waals surface area contributed by atoms with E-state index in [4.69, 9.17) is 16.0 Å². The molecule has 1 aromatic heterocycles. The van der Waals surface area contributed by atoms with Crippen LogP contribution in [0.3, 0.4) is 0 Å². The molecule has 2 rings (SSSR count). The van der Waals surface area contributed by atoms with E-state index in [1.165, 1.54) is 31.2 Å². The standard InChI is InChI=1S/C21H19ClFNO4/c1-12(2)5-4-8-24-21(27)20(26)19-11-15(13(3)28-19)18(25)10-14-6-7-17(23)16(22)9-14/h6-7,9,11-12H,8,10H2,1-3H3,(H,24,27). The molecule has 0 radical (unpaired) electrons. The van der Waals surface area contributed by atoms with E-state index < -0.39 is 17.5 Å². The van der Waals surface area contributed by atoms with Crippen molar-refractivity contribution in [3.05, 3.63) is 57.8 Å². The van der Waals surface area contributed by atoms with Gasteiger partial charge in [0.2, 0.25) is 0 Å². The number of benzene rings is 1. The van der Waals surface area contributed by atoms with Gasteiger partial charge in [0.15, 0.2) is 11.5 Å². The molecule has 0 aliphatic carbocycles. The number of halogens is 2. The van der Waals surface area contributed by atoms with Gasteiger partial charge in [-0.05, 0) is 30.7 Å². The summed E-state index contributed by atoms with van der Waals surface area (Å²) in [5, 5.41) is 2.31. The molecular formula is C21H19ClFNO4. The van der Waals surface area contributed by atoms with Gasteiger partial charge in [0.1, 0.15) is 11.6 Å². The second-order valence-corrected chi connectivity index (χ2v) is 6.82. The van der Waals surface area contributed by atoms with Crippen molar-refractivity contribution in [3.8, 4) is 11.8 Å². The van der Waals surface area contributed by atoms with Crippen LogP contribution in [0, 0.1) is 30.5 Å². The molecule has 0 aliphatic rings. The number of furan rings is 1. The minimum Gasteiger partial charge on any atom is -0.457 e. The third-order valence-electron chi connectivity index (χ3n) is 3.72. The lowest BCUT2D eigenvalue weighted by Gasteiger charge is -2.01. The number of ketones is 2. The van der Waals surface area contributed by atoms with Crippen molar-refractivity contribution in [3.63, 3.8) is 0 Å². The second-order valence-electron chi connectivity index (χ2n) is 6.42. The van der Waals surface area contributed by atoms with Crippen LogP contribution in [0.5, 0.6) is 0 Å². The van der Waals surface area contributed by atoms with Gasteiger partial charge in [-0.15, -0.1) is 0 Å². The summed E-state index contributed by atoms with van der Waals surface area (Å²) < 4.78 is 18.5. The number of aryl methyl sites for hydroxylation is 1. The number of Topliss-reactive ketones (excluding diaryl/α,β-unsaturated/α-hetero) is 2. The molecule has 1 heterocycles. The van der Waals surface area contributed by atoms with Crippen LogP contribution >= 0.6 is 11.6 Å². The number of amides is 1. The molecule has 146 valence electrons. The summed E-state index contributed by atoms with van der Waals surface area (Å²) >= 11 is 5.72. The molecule has 0 saturated heterocycles.